The van der Waals surface area contributed by atoms with Crippen molar-refractivity contribution in [3.05, 3.63) is 35.4 Å². The molecule has 1 aliphatic carbocycles. The average molecular weight is 202 g/mol. The van der Waals surface area contributed by atoms with Crippen LogP contribution in [0.1, 0.15) is 38.8 Å². The van der Waals surface area contributed by atoms with Gasteiger partial charge in [0.2, 0.25) is 0 Å². The van der Waals surface area contributed by atoms with Crippen LogP contribution in [-0.4, -0.2) is 0 Å². The predicted octanol–water partition coefficient (Wildman–Crippen LogP) is 4.09. The lowest BCUT2D eigenvalue weighted by Gasteiger charge is -1.93. The van der Waals surface area contributed by atoms with Crippen molar-refractivity contribution in [1.29, 1.82) is 0 Å². The van der Waals surface area contributed by atoms with Gasteiger partial charge in [-0.25, -0.2) is 0 Å². The smallest absolute Gasteiger partial charge is 0.00297 e. The zero-order valence-electron chi connectivity index (χ0n) is 10.4. The van der Waals surface area contributed by atoms with Gasteiger partial charge in [-0.05, 0) is 36.8 Å². The van der Waals surface area contributed by atoms with Crippen molar-refractivity contribution < 1.29 is 0 Å². The molecule has 0 saturated heterocycles. The summed E-state index contributed by atoms with van der Waals surface area (Å²) in [7, 11) is 0. The summed E-state index contributed by atoms with van der Waals surface area (Å²) in [6, 6.07) is 8.77. The van der Waals surface area contributed by atoms with Gasteiger partial charge in [0, 0.05) is 0 Å². The molecule has 0 spiro atoms. The Bertz CT molecular complexity index is 279. The van der Waals surface area contributed by atoms with Crippen LogP contribution >= 0.6 is 0 Å². The number of rotatable bonds is 0. The zero-order valence-corrected chi connectivity index (χ0v) is 10.4. The Labute approximate surface area is 94.7 Å². The summed E-state index contributed by atoms with van der Waals surface area (Å²) in [6.07, 6.45) is 7.17. The van der Waals surface area contributed by atoms with Crippen LogP contribution < -0.4 is 0 Å². The molecule has 1 aromatic carbocycles. The molecule has 0 heteroatoms. The molecule has 0 fully saturated rings. The van der Waals surface area contributed by atoms with Gasteiger partial charge in [0.15, 0.2) is 0 Å². The third-order valence-electron chi connectivity index (χ3n) is 2.26. The summed E-state index contributed by atoms with van der Waals surface area (Å²) < 4.78 is 0. The highest BCUT2D eigenvalue weighted by Crippen LogP contribution is 2.25. The molecule has 2 rings (SSSR count). The summed E-state index contributed by atoms with van der Waals surface area (Å²) in [5.74, 6) is 3.12. The summed E-state index contributed by atoms with van der Waals surface area (Å²) in [4.78, 5) is 0. The van der Waals surface area contributed by atoms with E-state index in [0.29, 0.717) is 0 Å². The number of terminal acetylenes is 1. The standard InChI is InChI=1S/C10H12.C3H4.C2H6/c1-8-6-9-4-2-3-5-10(9)7-8;1-3-2;1-2/h2-5,8H,6-7H2,1H3;1H,2H3;1-2H3. The number of benzene rings is 1. The summed E-state index contributed by atoms with van der Waals surface area (Å²) >= 11 is 0. The van der Waals surface area contributed by atoms with Crippen LogP contribution in [0.3, 0.4) is 0 Å². The molecule has 0 unspecified atom stereocenters. The second kappa shape index (κ2) is 8.12. The molecule has 0 nitrogen and oxygen atoms in total. The lowest BCUT2D eigenvalue weighted by Crippen LogP contribution is -1.89. The molecule has 0 atom stereocenters. The quantitative estimate of drug-likeness (QED) is 0.556. The van der Waals surface area contributed by atoms with Crippen LogP contribution in [-0.2, 0) is 12.8 Å². The molecule has 0 aliphatic heterocycles. The number of hydrogen-bond acceptors (Lipinski definition) is 0. The molecule has 0 radical (unpaired) electrons. The molecule has 0 N–H and O–H groups in total. The van der Waals surface area contributed by atoms with Crippen molar-refractivity contribution in [1.82, 2.24) is 0 Å². The molecule has 15 heavy (non-hydrogen) atoms. The van der Waals surface area contributed by atoms with E-state index in [1.165, 1.54) is 12.8 Å². The van der Waals surface area contributed by atoms with Gasteiger partial charge in [0.25, 0.3) is 0 Å². The van der Waals surface area contributed by atoms with Gasteiger partial charge in [0.05, 0.1) is 0 Å². The molecule has 0 heterocycles. The summed E-state index contributed by atoms with van der Waals surface area (Å²) in [6.45, 7) is 7.97. The van der Waals surface area contributed by atoms with Crippen molar-refractivity contribution in [2.24, 2.45) is 5.92 Å². The van der Waals surface area contributed by atoms with Crippen molar-refractivity contribution in [2.45, 2.75) is 40.5 Å². The first-order chi connectivity index (χ1) is 7.27. The fraction of sp³-hybridized carbons (Fsp3) is 0.467. The molecular formula is C15H22. The SMILES string of the molecule is C#CC.CC.CC1Cc2ccccc2C1. The van der Waals surface area contributed by atoms with Crippen LogP contribution in [0.5, 0.6) is 0 Å². The first kappa shape index (κ1) is 13.8. The van der Waals surface area contributed by atoms with E-state index in [0.717, 1.165) is 5.92 Å². The van der Waals surface area contributed by atoms with Crippen LogP contribution in [0.2, 0.25) is 0 Å². The average Bonchev–Trinajstić information content (AvgIpc) is 2.62. The lowest BCUT2D eigenvalue weighted by molar-refractivity contribution is 0.628. The first-order valence-electron chi connectivity index (χ1n) is 5.72. The van der Waals surface area contributed by atoms with Gasteiger partial charge >= 0.3 is 0 Å². The topological polar surface area (TPSA) is 0 Å². The minimum absolute atomic E-state index is 0.873. The first-order valence-corrected chi connectivity index (χ1v) is 5.72. The van der Waals surface area contributed by atoms with Crippen molar-refractivity contribution in [3.63, 3.8) is 0 Å². The molecule has 1 aromatic rings. The Morgan fingerprint density at radius 1 is 1.13 bits per heavy atom. The van der Waals surface area contributed by atoms with E-state index in [9.17, 15) is 0 Å². The highest BCUT2D eigenvalue weighted by Gasteiger charge is 2.15. The minimum Gasteiger partial charge on any atom is -0.120 e. The van der Waals surface area contributed by atoms with Gasteiger partial charge in [0.1, 0.15) is 0 Å². The van der Waals surface area contributed by atoms with E-state index < -0.39 is 0 Å². The Morgan fingerprint density at radius 2 is 1.47 bits per heavy atom. The predicted molar refractivity (Wildman–Crippen MR) is 68.9 cm³/mol. The van der Waals surface area contributed by atoms with Gasteiger partial charge in [-0.3, -0.25) is 0 Å². The molecule has 1 aliphatic rings. The zero-order chi connectivity index (χ0) is 11.7. The number of hydrogen-bond donors (Lipinski definition) is 0. The maximum atomic E-state index is 4.60. The molecule has 0 saturated carbocycles. The highest BCUT2D eigenvalue weighted by atomic mass is 14.2. The van der Waals surface area contributed by atoms with E-state index >= 15 is 0 Å². The van der Waals surface area contributed by atoms with Gasteiger partial charge in [-0.1, -0.05) is 45.0 Å². The second-order valence-corrected chi connectivity index (χ2v) is 3.57. The Balaban J connectivity index is 0.000000342. The van der Waals surface area contributed by atoms with E-state index in [2.05, 4.69) is 43.5 Å². The summed E-state index contributed by atoms with van der Waals surface area (Å²) in [5.41, 5.74) is 3.13. The Morgan fingerprint density at radius 3 is 1.80 bits per heavy atom. The second-order valence-electron chi connectivity index (χ2n) is 3.57. The van der Waals surface area contributed by atoms with Crippen LogP contribution in [0.25, 0.3) is 0 Å². The van der Waals surface area contributed by atoms with Crippen molar-refractivity contribution in [3.8, 4) is 12.3 Å². The highest BCUT2D eigenvalue weighted by molar-refractivity contribution is 5.31. The fourth-order valence-corrected chi connectivity index (χ4v) is 1.78. The van der Waals surface area contributed by atoms with Crippen molar-refractivity contribution >= 4 is 0 Å². The van der Waals surface area contributed by atoms with Crippen molar-refractivity contribution in [2.75, 3.05) is 0 Å². The fourth-order valence-electron chi connectivity index (χ4n) is 1.78. The Kier molecular flexibility index (Phi) is 7.46. The monoisotopic (exact) mass is 202 g/mol. The molecule has 82 valence electrons. The maximum absolute atomic E-state index is 4.60. The van der Waals surface area contributed by atoms with Gasteiger partial charge in [-0.2, -0.15) is 0 Å². The normalized spacial score (nSPS) is 12.5. The van der Waals surface area contributed by atoms with E-state index in [-0.39, 0.29) is 0 Å². The third-order valence-corrected chi connectivity index (χ3v) is 2.26. The van der Waals surface area contributed by atoms with Gasteiger partial charge in [-0.15, -0.1) is 12.3 Å². The summed E-state index contributed by atoms with van der Waals surface area (Å²) in [5, 5.41) is 0. The largest absolute Gasteiger partial charge is 0.120 e. The molecule has 0 amide bonds. The third kappa shape index (κ3) is 4.70. The van der Waals surface area contributed by atoms with Gasteiger partial charge < -0.3 is 0 Å². The minimum atomic E-state index is 0.873. The number of fused-ring (bicyclic) bond motifs is 1. The molecular weight excluding hydrogens is 180 g/mol. The van der Waals surface area contributed by atoms with E-state index in [1.807, 2.05) is 13.8 Å². The van der Waals surface area contributed by atoms with E-state index in [1.54, 1.807) is 18.1 Å². The lowest BCUT2D eigenvalue weighted by atomic mass is 10.1. The molecule has 0 aromatic heterocycles. The van der Waals surface area contributed by atoms with Crippen LogP contribution in [0.15, 0.2) is 24.3 Å². The molecule has 0 bridgehead atoms. The Hall–Kier alpha value is -1.22. The van der Waals surface area contributed by atoms with Crippen LogP contribution in [0.4, 0.5) is 0 Å². The van der Waals surface area contributed by atoms with Crippen LogP contribution in [0, 0.1) is 18.3 Å². The maximum Gasteiger partial charge on any atom is -0.00297 e. The van der Waals surface area contributed by atoms with E-state index in [4.69, 9.17) is 0 Å².